The van der Waals surface area contributed by atoms with Crippen LogP contribution in [0.3, 0.4) is 0 Å². The van der Waals surface area contributed by atoms with Gasteiger partial charge in [0.05, 0.1) is 0 Å². The average Bonchev–Trinajstić information content (AvgIpc) is 2.69. The van der Waals surface area contributed by atoms with Crippen molar-refractivity contribution in [3.8, 4) is 5.82 Å². The number of hydrogen-bond donors (Lipinski definition) is 0. The highest BCUT2D eigenvalue weighted by Crippen LogP contribution is 2.34. The third kappa shape index (κ3) is 1.81. The fourth-order valence-electron chi connectivity index (χ4n) is 2.13. The number of carbonyl (C=O) groups excluding carboxylic acids is 1. The molecule has 0 spiro atoms. The first-order valence-electron chi connectivity index (χ1n) is 6.13. The summed E-state index contributed by atoms with van der Waals surface area (Å²) in [4.78, 5) is 19.6. The summed E-state index contributed by atoms with van der Waals surface area (Å²) in [6.45, 7) is 1.91. The van der Waals surface area contributed by atoms with Gasteiger partial charge in [-0.2, -0.15) is 5.10 Å². The van der Waals surface area contributed by atoms with Gasteiger partial charge in [0.1, 0.15) is 11.5 Å². The average molecular weight is 242 g/mol. The minimum atomic E-state index is 0.427. The lowest BCUT2D eigenvalue weighted by Gasteiger charge is -2.23. The molecule has 0 amide bonds. The van der Waals surface area contributed by atoms with Gasteiger partial charge in [-0.1, -0.05) is 6.42 Å². The van der Waals surface area contributed by atoms with E-state index < -0.39 is 0 Å². The van der Waals surface area contributed by atoms with E-state index in [9.17, 15) is 4.79 Å². The zero-order valence-corrected chi connectivity index (χ0v) is 10.2. The normalized spacial score (nSPS) is 15.4. The van der Waals surface area contributed by atoms with Crippen LogP contribution in [0.15, 0.2) is 18.3 Å². The number of nitrogens with zero attached hydrogens (tertiary/aromatic N) is 4. The molecule has 5 heteroatoms. The van der Waals surface area contributed by atoms with Gasteiger partial charge in [0.2, 0.25) is 0 Å². The Morgan fingerprint density at radius 3 is 2.89 bits per heavy atom. The second-order valence-corrected chi connectivity index (χ2v) is 4.64. The molecule has 92 valence electrons. The first-order valence-corrected chi connectivity index (χ1v) is 6.13. The first kappa shape index (κ1) is 11.1. The molecule has 2 aromatic rings. The van der Waals surface area contributed by atoms with Crippen molar-refractivity contribution < 1.29 is 4.79 Å². The van der Waals surface area contributed by atoms with E-state index >= 15 is 0 Å². The Morgan fingerprint density at radius 2 is 2.28 bits per heavy atom. The topological polar surface area (TPSA) is 60.7 Å². The smallest absolute Gasteiger partial charge is 0.170 e. The standard InChI is InChI=1S/C13H14N4O/c1-9-7-11(8-18)16-17(9)12-5-6-14-13(15-12)10-3-2-4-10/h5-8,10H,2-4H2,1H3. The predicted octanol–water partition coefficient (Wildman–Crippen LogP) is 2.05. The zero-order chi connectivity index (χ0) is 12.5. The highest BCUT2D eigenvalue weighted by molar-refractivity contribution is 5.71. The number of carbonyl (C=O) groups is 1. The van der Waals surface area contributed by atoms with Gasteiger partial charge in [0, 0.05) is 23.9 Å². The van der Waals surface area contributed by atoms with Gasteiger partial charge in [-0.3, -0.25) is 4.79 Å². The van der Waals surface area contributed by atoms with E-state index in [0.717, 1.165) is 23.6 Å². The molecule has 0 aliphatic heterocycles. The minimum absolute atomic E-state index is 0.427. The summed E-state index contributed by atoms with van der Waals surface area (Å²) in [5, 5.41) is 4.20. The molecule has 0 bridgehead atoms. The van der Waals surface area contributed by atoms with Crippen molar-refractivity contribution in [3.63, 3.8) is 0 Å². The number of aromatic nitrogens is 4. The maximum Gasteiger partial charge on any atom is 0.170 e. The first-order chi connectivity index (χ1) is 8.78. The number of hydrogen-bond acceptors (Lipinski definition) is 4. The van der Waals surface area contributed by atoms with Crippen molar-refractivity contribution in [1.29, 1.82) is 0 Å². The molecule has 0 unspecified atom stereocenters. The third-order valence-corrected chi connectivity index (χ3v) is 3.37. The molecule has 0 N–H and O–H groups in total. The van der Waals surface area contributed by atoms with E-state index in [2.05, 4.69) is 15.1 Å². The predicted molar refractivity (Wildman–Crippen MR) is 65.9 cm³/mol. The van der Waals surface area contributed by atoms with E-state index in [1.807, 2.05) is 13.0 Å². The molecular formula is C13H14N4O. The fourth-order valence-corrected chi connectivity index (χ4v) is 2.13. The molecule has 0 aromatic carbocycles. The van der Waals surface area contributed by atoms with Crippen LogP contribution in [-0.4, -0.2) is 26.0 Å². The molecule has 1 fully saturated rings. The molecular weight excluding hydrogens is 228 g/mol. The summed E-state index contributed by atoms with van der Waals surface area (Å²) in [6, 6.07) is 3.56. The highest BCUT2D eigenvalue weighted by atomic mass is 16.1. The Morgan fingerprint density at radius 1 is 1.44 bits per heavy atom. The van der Waals surface area contributed by atoms with E-state index in [1.165, 1.54) is 19.3 Å². The molecule has 1 aliphatic carbocycles. The van der Waals surface area contributed by atoms with Gasteiger partial charge in [0.15, 0.2) is 12.1 Å². The molecule has 1 aliphatic rings. The number of aldehydes is 1. The van der Waals surface area contributed by atoms with Crippen molar-refractivity contribution in [3.05, 3.63) is 35.5 Å². The summed E-state index contributed by atoms with van der Waals surface area (Å²) in [5.74, 6) is 2.12. The second-order valence-electron chi connectivity index (χ2n) is 4.64. The summed E-state index contributed by atoms with van der Waals surface area (Å²) in [6.07, 6.45) is 6.10. The molecule has 3 rings (SSSR count). The summed E-state index contributed by atoms with van der Waals surface area (Å²) >= 11 is 0. The van der Waals surface area contributed by atoms with Crippen molar-refractivity contribution in [1.82, 2.24) is 19.7 Å². The minimum Gasteiger partial charge on any atom is -0.296 e. The monoisotopic (exact) mass is 242 g/mol. The summed E-state index contributed by atoms with van der Waals surface area (Å²) in [5.41, 5.74) is 1.33. The van der Waals surface area contributed by atoms with Crippen LogP contribution >= 0.6 is 0 Å². The fraction of sp³-hybridized carbons (Fsp3) is 0.385. The SMILES string of the molecule is Cc1cc(C=O)nn1-c1ccnc(C2CCC2)n1. The van der Waals surface area contributed by atoms with E-state index in [1.54, 1.807) is 16.9 Å². The molecule has 2 heterocycles. The maximum absolute atomic E-state index is 10.7. The van der Waals surface area contributed by atoms with Gasteiger partial charge in [-0.15, -0.1) is 0 Å². The van der Waals surface area contributed by atoms with Crippen LogP contribution in [0.25, 0.3) is 5.82 Å². The van der Waals surface area contributed by atoms with Crippen molar-refractivity contribution in [2.45, 2.75) is 32.1 Å². The van der Waals surface area contributed by atoms with Gasteiger partial charge < -0.3 is 0 Å². The largest absolute Gasteiger partial charge is 0.296 e. The lowest BCUT2D eigenvalue weighted by molar-refractivity contribution is 0.111. The van der Waals surface area contributed by atoms with Gasteiger partial charge in [-0.25, -0.2) is 14.6 Å². The Kier molecular flexibility index (Phi) is 2.66. The number of aryl methyl sites for hydroxylation is 1. The lowest BCUT2D eigenvalue weighted by Crippen LogP contribution is -2.14. The molecule has 1 saturated carbocycles. The molecule has 2 aromatic heterocycles. The Labute approximate surface area is 105 Å². The van der Waals surface area contributed by atoms with Crippen molar-refractivity contribution in [2.75, 3.05) is 0 Å². The lowest BCUT2D eigenvalue weighted by atomic mass is 9.85. The summed E-state index contributed by atoms with van der Waals surface area (Å²) < 4.78 is 1.69. The molecule has 0 saturated heterocycles. The van der Waals surface area contributed by atoms with Crippen molar-refractivity contribution in [2.24, 2.45) is 0 Å². The van der Waals surface area contributed by atoms with E-state index in [0.29, 0.717) is 11.6 Å². The molecule has 5 nitrogen and oxygen atoms in total. The van der Waals surface area contributed by atoms with Gasteiger partial charge >= 0.3 is 0 Å². The molecule has 18 heavy (non-hydrogen) atoms. The van der Waals surface area contributed by atoms with Gasteiger partial charge in [-0.05, 0) is 25.8 Å². The Balaban J connectivity index is 1.99. The zero-order valence-electron chi connectivity index (χ0n) is 10.2. The third-order valence-electron chi connectivity index (χ3n) is 3.37. The molecule has 0 radical (unpaired) electrons. The Bertz CT molecular complexity index is 586. The van der Waals surface area contributed by atoms with Crippen LogP contribution in [-0.2, 0) is 0 Å². The van der Waals surface area contributed by atoms with Crippen LogP contribution in [0.5, 0.6) is 0 Å². The van der Waals surface area contributed by atoms with Crippen LogP contribution in [0.4, 0.5) is 0 Å². The number of rotatable bonds is 3. The Hall–Kier alpha value is -2.04. The van der Waals surface area contributed by atoms with Crippen LogP contribution in [0.2, 0.25) is 0 Å². The van der Waals surface area contributed by atoms with Crippen LogP contribution < -0.4 is 0 Å². The van der Waals surface area contributed by atoms with Crippen LogP contribution in [0, 0.1) is 6.92 Å². The van der Waals surface area contributed by atoms with E-state index in [4.69, 9.17) is 0 Å². The second kappa shape index (κ2) is 4.33. The molecule has 0 atom stereocenters. The quantitative estimate of drug-likeness (QED) is 0.773. The summed E-state index contributed by atoms with van der Waals surface area (Å²) in [7, 11) is 0. The van der Waals surface area contributed by atoms with Crippen LogP contribution in [0.1, 0.15) is 47.2 Å². The van der Waals surface area contributed by atoms with E-state index in [-0.39, 0.29) is 0 Å². The van der Waals surface area contributed by atoms with Gasteiger partial charge in [0.25, 0.3) is 0 Å². The maximum atomic E-state index is 10.7. The highest BCUT2D eigenvalue weighted by Gasteiger charge is 2.22. The van der Waals surface area contributed by atoms with Crippen molar-refractivity contribution >= 4 is 6.29 Å².